The first-order valence-corrected chi connectivity index (χ1v) is 11.5. The molecule has 0 saturated heterocycles. The maximum Gasteiger partial charge on any atom is 0.254 e. The zero-order valence-electron chi connectivity index (χ0n) is 18.4. The molecule has 1 aliphatic rings. The van der Waals surface area contributed by atoms with Gasteiger partial charge < -0.3 is 14.8 Å². The SMILES string of the molecule is COc1cccc(C2CC2S(=O)Nc2cc(C)c(=O)n(C)c2Nc2ccc(C)cc2F)c1. The van der Waals surface area contributed by atoms with Gasteiger partial charge in [0.05, 0.1) is 23.7 Å². The van der Waals surface area contributed by atoms with E-state index in [0.29, 0.717) is 17.1 Å². The van der Waals surface area contributed by atoms with E-state index in [1.807, 2.05) is 24.3 Å². The first-order chi connectivity index (χ1) is 15.3. The van der Waals surface area contributed by atoms with Gasteiger partial charge in [-0.2, -0.15) is 0 Å². The van der Waals surface area contributed by atoms with Crippen molar-refractivity contribution in [1.29, 1.82) is 0 Å². The predicted molar refractivity (Wildman–Crippen MR) is 127 cm³/mol. The molecule has 3 atom stereocenters. The van der Waals surface area contributed by atoms with Crippen LogP contribution in [-0.2, 0) is 18.0 Å². The van der Waals surface area contributed by atoms with Crippen LogP contribution in [-0.4, -0.2) is 21.1 Å². The Bertz CT molecular complexity index is 1260. The van der Waals surface area contributed by atoms with Crippen LogP contribution < -0.4 is 20.3 Å². The third-order valence-electron chi connectivity index (χ3n) is 5.71. The average Bonchev–Trinajstić information content (AvgIpc) is 3.57. The Morgan fingerprint density at radius 2 is 1.91 bits per heavy atom. The lowest BCUT2D eigenvalue weighted by atomic mass is 10.1. The van der Waals surface area contributed by atoms with Gasteiger partial charge in [-0.05, 0) is 61.7 Å². The van der Waals surface area contributed by atoms with E-state index in [2.05, 4.69) is 10.0 Å². The van der Waals surface area contributed by atoms with Crippen molar-refractivity contribution in [1.82, 2.24) is 4.57 Å². The molecule has 3 unspecified atom stereocenters. The molecule has 0 aliphatic heterocycles. The van der Waals surface area contributed by atoms with Crippen molar-refractivity contribution in [2.45, 2.75) is 31.4 Å². The monoisotopic (exact) mass is 455 g/mol. The van der Waals surface area contributed by atoms with Crippen LogP contribution in [0.5, 0.6) is 5.75 Å². The molecule has 1 heterocycles. The maximum absolute atomic E-state index is 14.4. The topological polar surface area (TPSA) is 72.4 Å². The summed E-state index contributed by atoms with van der Waals surface area (Å²) in [5, 5.41) is 2.94. The molecule has 2 N–H and O–H groups in total. The molecule has 32 heavy (non-hydrogen) atoms. The van der Waals surface area contributed by atoms with Gasteiger partial charge in [0.2, 0.25) is 0 Å². The van der Waals surface area contributed by atoms with E-state index in [9.17, 15) is 13.4 Å². The molecule has 1 saturated carbocycles. The molecule has 168 valence electrons. The minimum atomic E-state index is -1.39. The van der Waals surface area contributed by atoms with Gasteiger partial charge in [-0.25, -0.2) is 8.60 Å². The Balaban J connectivity index is 1.59. The molecule has 0 amide bonds. The number of methoxy groups -OCH3 is 1. The molecular weight excluding hydrogens is 429 g/mol. The standard InChI is InChI=1S/C24H26FN3O3S/c1-14-8-9-20(19(25)10-14)26-23-21(11-15(2)24(29)28(23)3)27-32(30)22-13-18(22)16-6-5-7-17(12-16)31-4/h5-12,18,22,26-27H,13H2,1-4H3. The van der Waals surface area contributed by atoms with E-state index < -0.39 is 16.8 Å². The molecule has 1 fully saturated rings. The number of nitrogens with zero attached hydrogens (tertiary/aromatic N) is 1. The molecule has 1 aromatic heterocycles. The normalized spacial score (nSPS) is 18.2. The smallest absolute Gasteiger partial charge is 0.254 e. The second-order valence-corrected chi connectivity index (χ2v) is 9.52. The molecule has 0 bridgehead atoms. The Labute approximate surface area is 189 Å². The number of anilines is 3. The second kappa shape index (κ2) is 8.78. The summed E-state index contributed by atoms with van der Waals surface area (Å²) in [6, 6.07) is 14.3. The lowest BCUT2D eigenvalue weighted by Gasteiger charge is -2.18. The number of aromatic nitrogens is 1. The summed E-state index contributed by atoms with van der Waals surface area (Å²) < 4.78 is 37.3. The molecular formula is C24H26FN3O3S. The number of hydrogen-bond donors (Lipinski definition) is 2. The number of aryl methyl sites for hydroxylation is 2. The van der Waals surface area contributed by atoms with Crippen molar-refractivity contribution in [2.75, 3.05) is 17.1 Å². The zero-order valence-corrected chi connectivity index (χ0v) is 19.3. The molecule has 8 heteroatoms. The second-order valence-electron chi connectivity index (χ2n) is 8.12. The van der Waals surface area contributed by atoms with Crippen molar-refractivity contribution >= 4 is 28.2 Å². The summed E-state index contributed by atoms with van der Waals surface area (Å²) in [6.45, 7) is 3.50. The molecule has 0 radical (unpaired) electrons. The van der Waals surface area contributed by atoms with E-state index in [4.69, 9.17) is 4.74 Å². The van der Waals surface area contributed by atoms with E-state index >= 15 is 0 Å². The quantitative estimate of drug-likeness (QED) is 0.549. The van der Waals surface area contributed by atoms with Crippen molar-refractivity contribution in [3.8, 4) is 5.75 Å². The molecule has 4 rings (SSSR count). The van der Waals surface area contributed by atoms with Crippen molar-refractivity contribution in [3.63, 3.8) is 0 Å². The van der Waals surface area contributed by atoms with Crippen LogP contribution in [0.3, 0.4) is 0 Å². The van der Waals surface area contributed by atoms with E-state index in [1.165, 1.54) is 10.6 Å². The number of halogens is 1. The summed E-state index contributed by atoms with van der Waals surface area (Å²) in [7, 11) is 1.84. The Hall–Kier alpha value is -3.13. The van der Waals surface area contributed by atoms with Gasteiger partial charge in [0.15, 0.2) is 0 Å². The summed E-state index contributed by atoms with van der Waals surface area (Å²) in [6.07, 6.45) is 0.785. The van der Waals surface area contributed by atoms with Crippen LogP contribution in [0.15, 0.2) is 53.3 Å². The number of pyridine rings is 1. The Morgan fingerprint density at radius 1 is 1.12 bits per heavy atom. The minimum absolute atomic E-state index is 0.0661. The van der Waals surface area contributed by atoms with Crippen LogP contribution in [0, 0.1) is 19.7 Å². The highest BCUT2D eigenvalue weighted by molar-refractivity contribution is 7.87. The maximum atomic E-state index is 14.4. The Kier molecular flexibility index (Phi) is 6.06. The van der Waals surface area contributed by atoms with Gasteiger partial charge in [0, 0.05) is 18.5 Å². The van der Waals surface area contributed by atoms with E-state index in [1.54, 1.807) is 46.2 Å². The first-order valence-electron chi connectivity index (χ1n) is 10.3. The molecule has 0 spiro atoms. The minimum Gasteiger partial charge on any atom is -0.497 e. The van der Waals surface area contributed by atoms with Gasteiger partial charge in [-0.1, -0.05) is 18.2 Å². The lowest BCUT2D eigenvalue weighted by Crippen LogP contribution is -2.24. The van der Waals surface area contributed by atoms with Gasteiger partial charge in [0.1, 0.15) is 28.4 Å². The number of nitrogens with one attached hydrogen (secondary N) is 2. The van der Waals surface area contributed by atoms with Crippen LogP contribution in [0.25, 0.3) is 0 Å². The highest BCUT2D eigenvalue weighted by atomic mass is 32.2. The van der Waals surface area contributed by atoms with Gasteiger partial charge in [0.25, 0.3) is 5.56 Å². The average molecular weight is 456 g/mol. The van der Waals surface area contributed by atoms with Crippen LogP contribution in [0.4, 0.5) is 21.6 Å². The summed E-state index contributed by atoms with van der Waals surface area (Å²) in [4.78, 5) is 12.5. The lowest BCUT2D eigenvalue weighted by molar-refractivity contribution is 0.414. The van der Waals surface area contributed by atoms with Crippen LogP contribution >= 0.6 is 0 Å². The van der Waals surface area contributed by atoms with Gasteiger partial charge in [-0.15, -0.1) is 0 Å². The number of hydrogen-bond acceptors (Lipinski definition) is 4. The van der Waals surface area contributed by atoms with Crippen molar-refractivity contribution in [2.24, 2.45) is 7.05 Å². The van der Waals surface area contributed by atoms with Gasteiger partial charge in [-0.3, -0.25) is 9.36 Å². The molecule has 6 nitrogen and oxygen atoms in total. The van der Waals surface area contributed by atoms with Crippen molar-refractivity contribution < 1.29 is 13.3 Å². The fourth-order valence-corrected chi connectivity index (χ4v) is 5.15. The van der Waals surface area contributed by atoms with E-state index in [0.717, 1.165) is 23.3 Å². The highest BCUT2D eigenvalue weighted by Gasteiger charge is 2.43. The van der Waals surface area contributed by atoms with Crippen LogP contribution in [0.1, 0.15) is 29.0 Å². The van der Waals surface area contributed by atoms with Gasteiger partial charge >= 0.3 is 0 Å². The molecule has 1 aliphatic carbocycles. The Morgan fingerprint density at radius 3 is 2.62 bits per heavy atom. The number of benzene rings is 2. The fourth-order valence-electron chi connectivity index (χ4n) is 3.79. The van der Waals surface area contributed by atoms with E-state index in [-0.39, 0.29) is 22.4 Å². The molecule has 3 aromatic rings. The predicted octanol–water partition coefficient (Wildman–Crippen LogP) is 4.53. The third kappa shape index (κ3) is 4.41. The first kappa shape index (κ1) is 22.1. The summed E-state index contributed by atoms with van der Waals surface area (Å²) in [5.41, 5.74) is 2.89. The molecule has 2 aromatic carbocycles. The number of ether oxygens (including phenoxy) is 1. The number of rotatable bonds is 7. The van der Waals surface area contributed by atoms with Crippen LogP contribution in [0.2, 0.25) is 0 Å². The largest absolute Gasteiger partial charge is 0.497 e. The zero-order chi connectivity index (χ0) is 23.0. The fraction of sp³-hybridized carbons (Fsp3) is 0.292. The van der Waals surface area contributed by atoms with Crippen molar-refractivity contribution in [3.05, 3.63) is 81.4 Å². The summed E-state index contributed by atoms with van der Waals surface area (Å²) >= 11 is 0. The summed E-state index contributed by atoms with van der Waals surface area (Å²) in [5.74, 6) is 0.867. The highest BCUT2D eigenvalue weighted by Crippen LogP contribution is 2.46. The third-order valence-corrected chi connectivity index (χ3v) is 7.20.